The Morgan fingerprint density at radius 1 is 0.935 bits per heavy atom. The summed E-state index contributed by atoms with van der Waals surface area (Å²) in [6, 6.07) is 20.2. The van der Waals surface area contributed by atoms with Crippen LogP contribution in [0.3, 0.4) is 0 Å². The van der Waals surface area contributed by atoms with Gasteiger partial charge in [-0.05, 0) is 47.2 Å². The lowest BCUT2D eigenvalue weighted by Crippen LogP contribution is -2.02. The Hall–Kier alpha value is -3.11. The number of aromatic amines is 1. The number of halogens is 1. The number of hydrogen-bond acceptors (Lipinski definition) is 3. The molecule has 0 radical (unpaired) electrons. The second kappa shape index (κ2) is 8.94. The highest BCUT2D eigenvalue weighted by molar-refractivity contribution is 6.31. The standard InChI is InChI=1S/C26H26ClN3O/c1-4-16(2)19-12-22(17(3)18-8-6-5-7-9-18)26(31)24(13-19)21-11-10-20(27)14-23(21)25-15-28-30-29-25/h5-17,31H,4H2,1-3H3,(H,28,29,30). The molecule has 2 unspecified atom stereocenters. The van der Waals surface area contributed by atoms with Crippen LogP contribution in [0.5, 0.6) is 5.75 Å². The summed E-state index contributed by atoms with van der Waals surface area (Å²) in [6.45, 7) is 6.53. The number of phenols is 1. The van der Waals surface area contributed by atoms with Gasteiger partial charge in [0.1, 0.15) is 11.4 Å². The van der Waals surface area contributed by atoms with Gasteiger partial charge in [0.15, 0.2) is 0 Å². The Morgan fingerprint density at radius 2 is 1.71 bits per heavy atom. The van der Waals surface area contributed by atoms with E-state index in [1.807, 2.05) is 36.4 Å². The van der Waals surface area contributed by atoms with Gasteiger partial charge < -0.3 is 5.11 Å². The molecule has 5 heteroatoms. The largest absolute Gasteiger partial charge is 0.507 e. The van der Waals surface area contributed by atoms with Crippen LogP contribution in [0.2, 0.25) is 5.02 Å². The summed E-state index contributed by atoms with van der Waals surface area (Å²) in [5.41, 5.74) is 6.46. The van der Waals surface area contributed by atoms with Crippen LogP contribution in [-0.4, -0.2) is 20.5 Å². The highest BCUT2D eigenvalue weighted by Crippen LogP contribution is 2.44. The van der Waals surface area contributed by atoms with Crippen LogP contribution in [0.4, 0.5) is 0 Å². The van der Waals surface area contributed by atoms with Crippen molar-refractivity contribution in [2.45, 2.75) is 39.0 Å². The summed E-state index contributed by atoms with van der Waals surface area (Å²) >= 11 is 6.31. The maximum Gasteiger partial charge on any atom is 0.127 e. The maximum atomic E-state index is 11.5. The number of nitrogens with zero attached hydrogens (tertiary/aromatic N) is 2. The topological polar surface area (TPSA) is 61.8 Å². The van der Waals surface area contributed by atoms with Crippen molar-refractivity contribution in [1.82, 2.24) is 15.4 Å². The lowest BCUT2D eigenvalue weighted by molar-refractivity contribution is 0.467. The SMILES string of the molecule is CCC(C)c1cc(-c2ccc(Cl)cc2-c2cn[nH]n2)c(O)c(C(C)c2ccccc2)c1. The second-order valence-electron chi connectivity index (χ2n) is 7.99. The first-order valence-electron chi connectivity index (χ1n) is 10.6. The molecule has 0 spiro atoms. The van der Waals surface area contributed by atoms with Crippen LogP contribution >= 0.6 is 11.6 Å². The maximum absolute atomic E-state index is 11.5. The Labute approximate surface area is 187 Å². The van der Waals surface area contributed by atoms with Crippen molar-refractivity contribution in [1.29, 1.82) is 0 Å². The zero-order valence-corrected chi connectivity index (χ0v) is 18.7. The van der Waals surface area contributed by atoms with Gasteiger partial charge in [-0.25, -0.2) is 0 Å². The van der Waals surface area contributed by atoms with E-state index < -0.39 is 0 Å². The number of rotatable bonds is 6. The van der Waals surface area contributed by atoms with Crippen molar-refractivity contribution >= 4 is 11.6 Å². The molecular weight excluding hydrogens is 406 g/mol. The molecule has 4 nitrogen and oxygen atoms in total. The van der Waals surface area contributed by atoms with Crippen molar-refractivity contribution in [3.63, 3.8) is 0 Å². The summed E-state index contributed by atoms with van der Waals surface area (Å²) in [4.78, 5) is 0. The zero-order chi connectivity index (χ0) is 22.0. The van der Waals surface area contributed by atoms with Gasteiger partial charge in [-0.15, -0.1) is 0 Å². The molecule has 158 valence electrons. The molecule has 1 heterocycles. The minimum Gasteiger partial charge on any atom is -0.507 e. The van der Waals surface area contributed by atoms with Gasteiger partial charge in [0.25, 0.3) is 0 Å². The minimum absolute atomic E-state index is 0.0479. The van der Waals surface area contributed by atoms with Crippen LogP contribution in [-0.2, 0) is 0 Å². The molecule has 0 amide bonds. The molecule has 4 rings (SSSR count). The number of nitrogens with one attached hydrogen (secondary N) is 1. The van der Waals surface area contributed by atoms with Gasteiger partial charge >= 0.3 is 0 Å². The third-order valence-electron chi connectivity index (χ3n) is 6.07. The van der Waals surface area contributed by atoms with Crippen LogP contribution in [0.1, 0.15) is 55.7 Å². The minimum atomic E-state index is 0.0479. The second-order valence-corrected chi connectivity index (χ2v) is 8.43. The third-order valence-corrected chi connectivity index (χ3v) is 6.31. The van der Waals surface area contributed by atoms with E-state index in [9.17, 15) is 5.11 Å². The van der Waals surface area contributed by atoms with E-state index in [0.717, 1.165) is 34.2 Å². The molecule has 4 aromatic rings. The van der Waals surface area contributed by atoms with Crippen LogP contribution in [0, 0.1) is 0 Å². The highest BCUT2D eigenvalue weighted by Gasteiger charge is 2.22. The molecule has 1 aromatic heterocycles. The average molecular weight is 432 g/mol. The molecule has 2 atom stereocenters. The molecule has 0 aliphatic rings. The van der Waals surface area contributed by atoms with Gasteiger partial charge in [0, 0.05) is 27.6 Å². The predicted octanol–water partition coefficient (Wildman–Crippen LogP) is 7.16. The monoisotopic (exact) mass is 431 g/mol. The van der Waals surface area contributed by atoms with Gasteiger partial charge in [-0.2, -0.15) is 15.4 Å². The first-order chi connectivity index (χ1) is 15.0. The number of hydrogen-bond donors (Lipinski definition) is 2. The summed E-state index contributed by atoms with van der Waals surface area (Å²) in [7, 11) is 0. The van der Waals surface area contributed by atoms with E-state index in [4.69, 9.17) is 11.6 Å². The van der Waals surface area contributed by atoms with E-state index in [-0.39, 0.29) is 11.7 Å². The van der Waals surface area contributed by atoms with Crippen LogP contribution < -0.4 is 0 Å². The summed E-state index contributed by atoms with van der Waals surface area (Å²) in [6.07, 6.45) is 2.68. The summed E-state index contributed by atoms with van der Waals surface area (Å²) in [5, 5.41) is 22.9. The lowest BCUT2D eigenvalue weighted by Gasteiger charge is -2.21. The van der Waals surface area contributed by atoms with E-state index in [2.05, 4.69) is 60.4 Å². The Kier molecular flexibility index (Phi) is 6.10. The Bertz CT molecular complexity index is 1170. The normalized spacial score (nSPS) is 13.2. The molecule has 0 aliphatic heterocycles. The van der Waals surface area contributed by atoms with Crippen LogP contribution in [0.15, 0.2) is 66.9 Å². The number of phenolic OH excluding ortho intramolecular Hbond substituents is 1. The third kappa shape index (κ3) is 4.21. The first kappa shape index (κ1) is 21.1. The predicted molar refractivity (Wildman–Crippen MR) is 127 cm³/mol. The molecule has 31 heavy (non-hydrogen) atoms. The van der Waals surface area contributed by atoms with Crippen molar-refractivity contribution < 1.29 is 5.11 Å². The van der Waals surface area contributed by atoms with E-state index in [0.29, 0.717) is 16.6 Å². The molecule has 0 saturated heterocycles. The fraction of sp³-hybridized carbons (Fsp3) is 0.231. The highest BCUT2D eigenvalue weighted by atomic mass is 35.5. The smallest absolute Gasteiger partial charge is 0.127 e. The zero-order valence-electron chi connectivity index (χ0n) is 17.9. The van der Waals surface area contributed by atoms with E-state index >= 15 is 0 Å². The number of aromatic nitrogens is 3. The summed E-state index contributed by atoms with van der Waals surface area (Å²) in [5.74, 6) is 0.700. The fourth-order valence-electron chi connectivity index (χ4n) is 3.95. The average Bonchev–Trinajstić information content (AvgIpc) is 3.34. The quantitative estimate of drug-likeness (QED) is 0.340. The molecule has 3 aromatic carbocycles. The number of H-pyrrole nitrogens is 1. The summed E-state index contributed by atoms with van der Waals surface area (Å²) < 4.78 is 0. The van der Waals surface area contributed by atoms with E-state index in [1.165, 1.54) is 5.56 Å². The van der Waals surface area contributed by atoms with Crippen LogP contribution in [0.25, 0.3) is 22.4 Å². The van der Waals surface area contributed by atoms with Crippen molar-refractivity contribution in [2.24, 2.45) is 0 Å². The number of aromatic hydroxyl groups is 1. The van der Waals surface area contributed by atoms with Gasteiger partial charge in [-0.1, -0.05) is 74.8 Å². The fourth-order valence-corrected chi connectivity index (χ4v) is 4.12. The van der Waals surface area contributed by atoms with Crippen molar-refractivity contribution in [2.75, 3.05) is 0 Å². The van der Waals surface area contributed by atoms with Crippen molar-refractivity contribution in [3.8, 4) is 28.1 Å². The van der Waals surface area contributed by atoms with E-state index in [1.54, 1.807) is 6.20 Å². The Morgan fingerprint density at radius 3 is 2.39 bits per heavy atom. The number of benzene rings is 3. The first-order valence-corrected chi connectivity index (χ1v) is 10.9. The van der Waals surface area contributed by atoms with Gasteiger partial charge in [0.05, 0.1) is 6.20 Å². The van der Waals surface area contributed by atoms with Crippen molar-refractivity contribution in [3.05, 3.63) is 88.6 Å². The van der Waals surface area contributed by atoms with Gasteiger partial charge in [-0.3, -0.25) is 0 Å². The lowest BCUT2D eigenvalue weighted by atomic mass is 9.84. The Balaban J connectivity index is 1.95. The molecule has 0 fully saturated rings. The molecule has 0 saturated carbocycles. The molecule has 0 bridgehead atoms. The molecule has 2 N–H and O–H groups in total. The molecular formula is C26H26ClN3O. The molecule has 0 aliphatic carbocycles. The van der Waals surface area contributed by atoms with Gasteiger partial charge in [0.2, 0.25) is 0 Å².